The molecule has 14 heavy (non-hydrogen) atoms. The van der Waals surface area contributed by atoms with Gasteiger partial charge in [0.25, 0.3) is 0 Å². The molecule has 1 heterocycles. The third-order valence-corrected chi connectivity index (χ3v) is 4.05. The minimum absolute atomic E-state index is 0.185. The lowest BCUT2D eigenvalue weighted by Crippen LogP contribution is -2.34. The van der Waals surface area contributed by atoms with Crippen LogP contribution >= 0.6 is 11.3 Å². The molecule has 0 spiro atoms. The summed E-state index contributed by atoms with van der Waals surface area (Å²) in [5.41, 5.74) is 7.14. The van der Waals surface area contributed by atoms with Crippen molar-refractivity contribution < 1.29 is 0 Å². The predicted molar refractivity (Wildman–Crippen MR) is 62.6 cm³/mol. The van der Waals surface area contributed by atoms with Gasteiger partial charge in [-0.2, -0.15) is 0 Å². The molecular weight excluding hydrogens is 192 g/mol. The Morgan fingerprint density at radius 1 is 1.57 bits per heavy atom. The van der Waals surface area contributed by atoms with Crippen LogP contribution in [0.5, 0.6) is 0 Å². The Balaban J connectivity index is 2.75. The van der Waals surface area contributed by atoms with Gasteiger partial charge in [0.15, 0.2) is 0 Å². The van der Waals surface area contributed by atoms with Crippen molar-refractivity contribution >= 4 is 11.3 Å². The number of nitrogens with zero attached hydrogens (tertiary/aromatic N) is 1. The molecule has 1 aromatic rings. The third kappa shape index (κ3) is 2.55. The van der Waals surface area contributed by atoms with E-state index in [4.69, 9.17) is 5.73 Å². The van der Waals surface area contributed by atoms with Crippen LogP contribution in [0.1, 0.15) is 31.5 Å². The highest BCUT2D eigenvalue weighted by atomic mass is 32.1. The average Bonchev–Trinajstić information content (AvgIpc) is 2.50. The second-order valence-electron chi connectivity index (χ2n) is 4.57. The highest BCUT2D eigenvalue weighted by molar-refractivity contribution is 7.09. The summed E-state index contributed by atoms with van der Waals surface area (Å²) in [7, 11) is 0. The Hall–Kier alpha value is -0.410. The Labute approximate surface area is 90.6 Å². The number of thiazole rings is 1. The lowest BCUT2D eigenvalue weighted by Gasteiger charge is -2.31. The zero-order valence-corrected chi connectivity index (χ0v) is 10.3. The highest BCUT2D eigenvalue weighted by Crippen LogP contribution is 2.31. The van der Waals surface area contributed by atoms with Crippen LogP contribution in [0.3, 0.4) is 0 Å². The first kappa shape index (κ1) is 11.7. The fourth-order valence-electron chi connectivity index (χ4n) is 1.34. The van der Waals surface area contributed by atoms with E-state index in [1.54, 1.807) is 11.3 Å². The number of aryl methyl sites for hydroxylation is 1. The van der Waals surface area contributed by atoms with Crippen molar-refractivity contribution in [2.75, 3.05) is 6.54 Å². The van der Waals surface area contributed by atoms with Gasteiger partial charge in [0, 0.05) is 17.5 Å². The summed E-state index contributed by atoms with van der Waals surface area (Å²) in [5, 5.41) is 3.32. The SMILES string of the molecule is Cc1csc(CC(C)(CN)C(C)C)n1. The predicted octanol–water partition coefficient (Wildman–Crippen LogP) is 2.62. The largest absolute Gasteiger partial charge is 0.330 e. The van der Waals surface area contributed by atoms with Crippen molar-refractivity contribution in [3.8, 4) is 0 Å². The fraction of sp³-hybridized carbons (Fsp3) is 0.727. The molecule has 3 heteroatoms. The molecule has 1 atom stereocenters. The second-order valence-corrected chi connectivity index (χ2v) is 5.51. The van der Waals surface area contributed by atoms with E-state index in [2.05, 4.69) is 31.1 Å². The van der Waals surface area contributed by atoms with E-state index < -0.39 is 0 Å². The normalized spacial score (nSPS) is 15.9. The molecular formula is C11H20N2S. The molecule has 2 nitrogen and oxygen atoms in total. The van der Waals surface area contributed by atoms with Gasteiger partial charge in [0.2, 0.25) is 0 Å². The van der Waals surface area contributed by atoms with Crippen LogP contribution in [0.25, 0.3) is 0 Å². The summed E-state index contributed by atoms with van der Waals surface area (Å²) >= 11 is 1.74. The zero-order valence-electron chi connectivity index (χ0n) is 9.50. The van der Waals surface area contributed by atoms with Crippen molar-refractivity contribution in [1.29, 1.82) is 0 Å². The van der Waals surface area contributed by atoms with E-state index in [-0.39, 0.29) is 5.41 Å². The van der Waals surface area contributed by atoms with Gasteiger partial charge in [-0.05, 0) is 24.8 Å². The summed E-state index contributed by atoms with van der Waals surface area (Å²) in [5.74, 6) is 0.594. The van der Waals surface area contributed by atoms with Crippen LogP contribution in [-0.2, 0) is 6.42 Å². The number of nitrogens with two attached hydrogens (primary N) is 1. The first-order valence-corrected chi connectivity index (χ1v) is 5.97. The minimum atomic E-state index is 0.185. The number of aromatic nitrogens is 1. The van der Waals surface area contributed by atoms with E-state index in [9.17, 15) is 0 Å². The molecule has 2 N–H and O–H groups in total. The summed E-state index contributed by atoms with van der Waals surface area (Å²) in [4.78, 5) is 4.49. The molecule has 1 unspecified atom stereocenters. The van der Waals surface area contributed by atoms with Gasteiger partial charge in [-0.1, -0.05) is 20.8 Å². The monoisotopic (exact) mass is 212 g/mol. The van der Waals surface area contributed by atoms with Gasteiger partial charge < -0.3 is 5.73 Å². The van der Waals surface area contributed by atoms with E-state index in [1.165, 1.54) is 5.01 Å². The molecule has 0 aliphatic carbocycles. The minimum Gasteiger partial charge on any atom is -0.330 e. The van der Waals surface area contributed by atoms with E-state index in [0.717, 1.165) is 18.7 Å². The van der Waals surface area contributed by atoms with Crippen LogP contribution < -0.4 is 5.73 Å². The molecule has 1 aromatic heterocycles. The molecule has 0 amide bonds. The van der Waals surface area contributed by atoms with Gasteiger partial charge in [0.05, 0.1) is 5.01 Å². The number of rotatable bonds is 4. The van der Waals surface area contributed by atoms with Gasteiger partial charge >= 0.3 is 0 Å². The first-order chi connectivity index (χ1) is 6.48. The highest BCUT2D eigenvalue weighted by Gasteiger charge is 2.28. The lowest BCUT2D eigenvalue weighted by molar-refractivity contribution is 0.227. The molecule has 1 rings (SSSR count). The van der Waals surface area contributed by atoms with Crippen molar-refractivity contribution in [3.63, 3.8) is 0 Å². The smallest absolute Gasteiger partial charge is 0.0934 e. The van der Waals surface area contributed by atoms with E-state index >= 15 is 0 Å². The van der Waals surface area contributed by atoms with Crippen molar-refractivity contribution in [3.05, 3.63) is 16.1 Å². The molecule has 80 valence electrons. The maximum absolute atomic E-state index is 5.84. The number of hydrogen-bond donors (Lipinski definition) is 1. The molecule has 0 aliphatic heterocycles. The Morgan fingerprint density at radius 2 is 2.21 bits per heavy atom. The third-order valence-electron chi connectivity index (χ3n) is 3.08. The van der Waals surface area contributed by atoms with Crippen LogP contribution in [-0.4, -0.2) is 11.5 Å². The molecule has 0 bridgehead atoms. The standard InChI is InChI=1S/C11H20N2S/c1-8(2)11(4,7-12)5-10-13-9(3)6-14-10/h6,8H,5,7,12H2,1-4H3. The molecule has 0 fully saturated rings. The molecule has 0 saturated heterocycles. The summed E-state index contributed by atoms with van der Waals surface area (Å²) in [6, 6.07) is 0. The van der Waals surface area contributed by atoms with Gasteiger partial charge in [-0.3, -0.25) is 0 Å². The maximum Gasteiger partial charge on any atom is 0.0934 e. The van der Waals surface area contributed by atoms with Gasteiger partial charge in [0.1, 0.15) is 0 Å². The van der Waals surface area contributed by atoms with Gasteiger partial charge in [-0.25, -0.2) is 4.98 Å². The van der Waals surface area contributed by atoms with Crippen molar-refractivity contribution in [2.24, 2.45) is 17.1 Å². The topological polar surface area (TPSA) is 38.9 Å². The second kappa shape index (κ2) is 4.41. The fourth-order valence-corrected chi connectivity index (χ4v) is 2.31. The summed E-state index contributed by atoms with van der Waals surface area (Å²) in [6.07, 6.45) is 1.000. The van der Waals surface area contributed by atoms with E-state index in [0.29, 0.717) is 5.92 Å². The van der Waals surface area contributed by atoms with Crippen LogP contribution in [0.4, 0.5) is 0 Å². The number of hydrogen-bond acceptors (Lipinski definition) is 3. The van der Waals surface area contributed by atoms with Crippen LogP contribution in [0.2, 0.25) is 0 Å². The van der Waals surface area contributed by atoms with Crippen molar-refractivity contribution in [2.45, 2.75) is 34.1 Å². The molecule has 0 aliphatic rings. The lowest BCUT2D eigenvalue weighted by atomic mass is 9.76. The van der Waals surface area contributed by atoms with E-state index in [1.807, 2.05) is 6.92 Å². The summed E-state index contributed by atoms with van der Waals surface area (Å²) < 4.78 is 0. The van der Waals surface area contributed by atoms with Crippen LogP contribution in [0, 0.1) is 18.3 Å². The quantitative estimate of drug-likeness (QED) is 0.833. The zero-order chi connectivity index (χ0) is 10.8. The van der Waals surface area contributed by atoms with Gasteiger partial charge in [-0.15, -0.1) is 11.3 Å². The molecule has 0 saturated carbocycles. The average molecular weight is 212 g/mol. The Kier molecular flexibility index (Phi) is 3.67. The Morgan fingerprint density at radius 3 is 2.57 bits per heavy atom. The maximum atomic E-state index is 5.84. The Bertz CT molecular complexity index is 293. The van der Waals surface area contributed by atoms with Crippen molar-refractivity contribution in [1.82, 2.24) is 4.98 Å². The summed E-state index contributed by atoms with van der Waals surface area (Å²) in [6.45, 7) is 9.47. The molecule has 0 aromatic carbocycles. The van der Waals surface area contributed by atoms with Crippen LogP contribution in [0.15, 0.2) is 5.38 Å². The molecule has 0 radical (unpaired) electrons. The first-order valence-electron chi connectivity index (χ1n) is 5.09.